The van der Waals surface area contributed by atoms with Gasteiger partial charge in [-0.2, -0.15) is 5.26 Å². The highest BCUT2D eigenvalue weighted by Gasteiger charge is 2.34. The number of allylic oxidation sites excluding steroid dienone is 1. The number of rotatable bonds is 8. The second kappa shape index (κ2) is 12.6. The Bertz CT molecular complexity index is 1900. The van der Waals surface area contributed by atoms with Crippen LogP contribution in [0, 0.1) is 11.3 Å². The standard InChI is InChI=1S/C33H29ClN4O3S/c1-4-37(5-2)32(40)29-21(3)36-33-38(30(29)22-14-16-26(34)17-15-22)31(39)28(42-33)18-23-10-8-9-13-27(23)41-20-25-12-7-6-11-24(25)19-35/h6-18,30H,4-5,20H2,1-3H3/b28-18+/t30-/m0/s1. The normalized spacial score (nSPS) is 14.6. The number of halogens is 1. The van der Waals surface area contributed by atoms with E-state index in [-0.39, 0.29) is 18.1 Å². The summed E-state index contributed by atoms with van der Waals surface area (Å²) in [4.78, 5) is 34.8. The maximum absolute atomic E-state index is 14.1. The first kappa shape index (κ1) is 29.1. The third-order valence-electron chi connectivity index (χ3n) is 7.22. The highest BCUT2D eigenvalue weighted by Crippen LogP contribution is 2.32. The van der Waals surface area contributed by atoms with Crippen LogP contribution in [-0.4, -0.2) is 28.5 Å². The van der Waals surface area contributed by atoms with E-state index in [0.717, 1.165) is 16.7 Å². The summed E-state index contributed by atoms with van der Waals surface area (Å²) >= 11 is 7.46. The topological polar surface area (TPSA) is 87.7 Å². The van der Waals surface area contributed by atoms with Crippen molar-refractivity contribution in [3.8, 4) is 11.8 Å². The van der Waals surface area contributed by atoms with Gasteiger partial charge in [-0.05, 0) is 56.7 Å². The Morgan fingerprint density at radius 3 is 2.50 bits per heavy atom. The number of hydrogen-bond donors (Lipinski definition) is 0. The molecule has 5 rings (SSSR count). The molecule has 9 heteroatoms. The van der Waals surface area contributed by atoms with Gasteiger partial charge in [0.25, 0.3) is 11.5 Å². The maximum atomic E-state index is 14.1. The van der Waals surface area contributed by atoms with Crippen molar-refractivity contribution in [1.82, 2.24) is 9.47 Å². The van der Waals surface area contributed by atoms with Crippen LogP contribution < -0.4 is 19.6 Å². The van der Waals surface area contributed by atoms with Gasteiger partial charge in [-0.25, -0.2) is 4.99 Å². The molecule has 0 N–H and O–H groups in total. The number of nitriles is 1. The van der Waals surface area contributed by atoms with Crippen molar-refractivity contribution in [3.63, 3.8) is 0 Å². The van der Waals surface area contributed by atoms with E-state index in [9.17, 15) is 14.9 Å². The number of nitrogens with zero attached hydrogens (tertiary/aromatic N) is 4. The Labute approximate surface area is 252 Å². The Morgan fingerprint density at radius 1 is 1.10 bits per heavy atom. The molecule has 0 spiro atoms. The zero-order chi connectivity index (χ0) is 29.8. The Balaban J connectivity index is 1.61. The van der Waals surface area contributed by atoms with E-state index in [0.29, 0.717) is 50.0 Å². The number of para-hydroxylation sites is 1. The van der Waals surface area contributed by atoms with Crippen molar-refractivity contribution >= 4 is 34.9 Å². The monoisotopic (exact) mass is 596 g/mol. The van der Waals surface area contributed by atoms with Gasteiger partial charge in [0.2, 0.25) is 0 Å². The predicted octanol–water partition coefficient (Wildman–Crippen LogP) is 5.21. The molecule has 1 aliphatic rings. The molecular formula is C33H29ClN4O3S. The number of carbonyl (C=O) groups excluding carboxylic acids is 1. The summed E-state index contributed by atoms with van der Waals surface area (Å²) in [5, 5.41) is 10.0. The molecule has 4 aromatic rings. The minimum Gasteiger partial charge on any atom is -0.488 e. The van der Waals surface area contributed by atoms with E-state index in [1.807, 2.05) is 75.4 Å². The van der Waals surface area contributed by atoms with E-state index in [1.54, 1.807) is 33.7 Å². The average Bonchev–Trinajstić information content (AvgIpc) is 3.30. The summed E-state index contributed by atoms with van der Waals surface area (Å²) in [5.41, 5.74) is 3.63. The van der Waals surface area contributed by atoms with Crippen LogP contribution in [0.4, 0.5) is 0 Å². The van der Waals surface area contributed by atoms with Crippen LogP contribution in [0.15, 0.2) is 93.9 Å². The predicted molar refractivity (Wildman–Crippen MR) is 165 cm³/mol. The summed E-state index contributed by atoms with van der Waals surface area (Å²) in [6.07, 6.45) is 1.79. The molecule has 42 heavy (non-hydrogen) atoms. The maximum Gasteiger partial charge on any atom is 0.271 e. The number of benzene rings is 3. The van der Waals surface area contributed by atoms with E-state index >= 15 is 0 Å². The number of likely N-dealkylation sites (N-methyl/N-ethyl adjacent to an activating group) is 1. The first-order valence-electron chi connectivity index (χ1n) is 13.6. The molecule has 2 heterocycles. The summed E-state index contributed by atoms with van der Waals surface area (Å²) in [5.74, 6) is 0.436. The molecule has 0 radical (unpaired) electrons. The third-order valence-corrected chi connectivity index (χ3v) is 8.45. The molecule has 0 unspecified atom stereocenters. The van der Waals surface area contributed by atoms with Crippen molar-refractivity contribution < 1.29 is 9.53 Å². The lowest BCUT2D eigenvalue weighted by Gasteiger charge is -2.29. The molecule has 0 aliphatic carbocycles. The summed E-state index contributed by atoms with van der Waals surface area (Å²) in [6, 6.07) is 23.5. The minimum absolute atomic E-state index is 0.146. The number of amides is 1. The van der Waals surface area contributed by atoms with Gasteiger partial charge in [-0.1, -0.05) is 71.5 Å². The van der Waals surface area contributed by atoms with Gasteiger partial charge in [0.15, 0.2) is 4.80 Å². The van der Waals surface area contributed by atoms with Crippen LogP contribution in [-0.2, 0) is 11.4 Å². The summed E-state index contributed by atoms with van der Waals surface area (Å²) in [6.45, 7) is 6.98. The van der Waals surface area contributed by atoms with Gasteiger partial charge in [0.1, 0.15) is 12.4 Å². The largest absolute Gasteiger partial charge is 0.488 e. The highest BCUT2D eigenvalue weighted by molar-refractivity contribution is 7.07. The van der Waals surface area contributed by atoms with Crippen molar-refractivity contribution in [1.29, 1.82) is 5.26 Å². The van der Waals surface area contributed by atoms with Crippen LogP contribution in [0.25, 0.3) is 6.08 Å². The molecule has 0 fully saturated rings. The quantitative estimate of drug-likeness (QED) is 0.279. The first-order valence-corrected chi connectivity index (χ1v) is 14.8. The number of aromatic nitrogens is 1. The number of ether oxygens (including phenoxy) is 1. The molecule has 1 amide bonds. The van der Waals surface area contributed by atoms with Gasteiger partial charge >= 0.3 is 0 Å². The van der Waals surface area contributed by atoms with Gasteiger partial charge in [0.05, 0.1) is 33.5 Å². The fourth-order valence-corrected chi connectivity index (χ4v) is 6.18. The lowest BCUT2D eigenvalue weighted by Crippen LogP contribution is -2.43. The summed E-state index contributed by atoms with van der Waals surface area (Å²) < 4.78 is 8.19. The van der Waals surface area contributed by atoms with Crippen LogP contribution in [0.2, 0.25) is 5.02 Å². The lowest BCUT2D eigenvalue weighted by molar-refractivity contribution is -0.127. The molecule has 1 atom stereocenters. The summed E-state index contributed by atoms with van der Waals surface area (Å²) in [7, 11) is 0. The Hall–Kier alpha value is -4.45. The zero-order valence-corrected chi connectivity index (χ0v) is 25.1. The SMILES string of the molecule is CCN(CC)C(=O)C1=C(C)N=c2s/c(=C/c3ccccc3OCc3ccccc3C#N)c(=O)n2[C@H]1c1ccc(Cl)cc1. The van der Waals surface area contributed by atoms with E-state index < -0.39 is 6.04 Å². The number of fused-ring (bicyclic) bond motifs is 1. The number of thiazole rings is 1. The third kappa shape index (κ3) is 5.67. The second-order valence-corrected chi connectivity index (χ2v) is 11.2. The fourth-order valence-electron chi connectivity index (χ4n) is 5.02. The average molecular weight is 597 g/mol. The Morgan fingerprint density at radius 2 is 1.79 bits per heavy atom. The molecule has 1 aliphatic heterocycles. The zero-order valence-electron chi connectivity index (χ0n) is 23.5. The van der Waals surface area contributed by atoms with Gasteiger partial charge < -0.3 is 9.64 Å². The van der Waals surface area contributed by atoms with Crippen molar-refractivity contribution in [3.05, 3.63) is 131 Å². The van der Waals surface area contributed by atoms with Crippen molar-refractivity contribution in [2.75, 3.05) is 13.1 Å². The smallest absolute Gasteiger partial charge is 0.271 e. The minimum atomic E-state index is -0.650. The molecule has 0 bridgehead atoms. The van der Waals surface area contributed by atoms with E-state index in [2.05, 4.69) is 6.07 Å². The Kier molecular flexibility index (Phi) is 8.72. The van der Waals surface area contributed by atoms with E-state index in [4.69, 9.17) is 21.3 Å². The van der Waals surface area contributed by atoms with Gasteiger partial charge in [-0.3, -0.25) is 14.2 Å². The van der Waals surface area contributed by atoms with Crippen LogP contribution >= 0.6 is 22.9 Å². The number of carbonyl (C=O) groups is 1. The van der Waals surface area contributed by atoms with Crippen molar-refractivity contribution in [2.24, 2.45) is 4.99 Å². The molecule has 212 valence electrons. The van der Waals surface area contributed by atoms with Crippen LogP contribution in [0.5, 0.6) is 5.75 Å². The molecule has 3 aromatic carbocycles. The van der Waals surface area contributed by atoms with E-state index in [1.165, 1.54) is 11.3 Å². The molecule has 0 saturated heterocycles. The van der Waals surface area contributed by atoms with Crippen molar-refractivity contribution in [2.45, 2.75) is 33.4 Å². The molecular weight excluding hydrogens is 568 g/mol. The van der Waals surface area contributed by atoms with Crippen LogP contribution in [0.3, 0.4) is 0 Å². The molecule has 1 aromatic heterocycles. The number of hydrogen-bond acceptors (Lipinski definition) is 6. The fraction of sp³-hybridized carbons (Fsp3) is 0.212. The highest BCUT2D eigenvalue weighted by atomic mass is 35.5. The lowest BCUT2D eigenvalue weighted by atomic mass is 9.94. The molecule has 0 saturated carbocycles. The molecule has 7 nitrogen and oxygen atoms in total. The van der Waals surface area contributed by atoms with Gasteiger partial charge in [0, 0.05) is 29.2 Å². The first-order chi connectivity index (χ1) is 20.4. The second-order valence-electron chi connectivity index (χ2n) is 9.71. The van der Waals surface area contributed by atoms with Crippen LogP contribution in [0.1, 0.15) is 49.1 Å². The van der Waals surface area contributed by atoms with Gasteiger partial charge in [-0.15, -0.1) is 0 Å².